The van der Waals surface area contributed by atoms with Crippen molar-refractivity contribution in [3.05, 3.63) is 0 Å². The summed E-state index contributed by atoms with van der Waals surface area (Å²) >= 11 is 0. The van der Waals surface area contributed by atoms with Crippen LogP contribution in [0.1, 0.15) is 59.8 Å². The van der Waals surface area contributed by atoms with Crippen molar-refractivity contribution in [1.82, 2.24) is 0 Å². The Labute approximate surface area is 117 Å². The van der Waals surface area contributed by atoms with Crippen LogP contribution in [0.3, 0.4) is 0 Å². The minimum atomic E-state index is -0.271. The first kappa shape index (κ1) is 18.4. The molecule has 0 heterocycles. The number of hydrogen-bond acceptors (Lipinski definition) is 4. The van der Waals surface area contributed by atoms with E-state index in [1.54, 1.807) is 0 Å². The van der Waals surface area contributed by atoms with E-state index >= 15 is 0 Å². The molecule has 2 unspecified atom stereocenters. The molecule has 0 aromatic rings. The molecule has 19 heavy (non-hydrogen) atoms. The third-order valence-electron chi connectivity index (χ3n) is 2.79. The van der Waals surface area contributed by atoms with Crippen LogP contribution in [0.4, 0.5) is 0 Å². The number of carbonyl (C=O) groups is 1. The number of esters is 1. The van der Waals surface area contributed by atoms with E-state index in [0.29, 0.717) is 13.2 Å². The SMILES string of the molecule is CCCCCCCOC(C)COC(C)COC(C)=O. The van der Waals surface area contributed by atoms with Gasteiger partial charge in [-0.2, -0.15) is 0 Å². The van der Waals surface area contributed by atoms with Crippen LogP contribution in [0, 0.1) is 0 Å². The first-order valence-corrected chi connectivity index (χ1v) is 7.42. The molecule has 0 saturated heterocycles. The molecule has 0 spiro atoms. The van der Waals surface area contributed by atoms with Gasteiger partial charge in [0, 0.05) is 13.5 Å². The minimum absolute atomic E-state index is 0.0838. The third-order valence-corrected chi connectivity index (χ3v) is 2.79. The van der Waals surface area contributed by atoms with E-state index in [1.807, 2.05) is 13.8 Å². The summed E-state index contributed by atoms with van der Waals surface area (Å²) in [6.07, 6.45) is 6.24. The second kappa shape index (κ2) is 12.4. The summed E-state index contributed by atoms with van der Waals surface area (Å²) in [5.74, 6) is -0.271. The van der Waals surface area contributed by atoms with Gasteiger partial charge in [0.15, 0.2) is 0 Å². The van der Waals surface area contributed by atoms with Crippen molar-refractivity contribution < 1.29 is 19.0 Å². The number of ether oxygens (including phenoxy) is 3. The largest absolute Gasteiger partial charge is 0.463 e. The number of rotatable bonds is 12. The topological polar surface area (TPSA) is 44.8 Å². The van der Waals surface area contributed by atoms with Gasteiger partial charge in [0.25, 0.3) is 0 Å². The first-order valence-electron chi connectivity index (χ1n) is 7.42. The highest BCUT2D eigenvalue weighted by Gasteiger charge is 2.08. The highest BCUT2D eigenvalue weighted by atomic mass is 16.6. The van der Waals surface area contributed by atoms with Crippen molar-refractivity contribution in [3.8, 4) is 0 Å². The Hall–Kier alpha value is -0.610. The van der Waals surface area contributed by atoms with Gasteiger partial charge >= 0.3 is 5.97 Å². The molecule has 0 aromatic carbocycles. The average molecular weight is 274 g/mol. The summed E-state index contributed by atoms with van der Waals surface area (Å²) < 4.78 is 16.1. The molecule has 2 atom stereocenters. The molecule has 0 amide bonds. The highest BCUT2D eigenvalue weighted by molar-refractivity contribution is 5.65. The molecule has 0 bridgehead atoms. The van der Waals surface area contributed by atoms with Gasteiger partial charge in [-0.25, -0.2) is 0 Å². The molecule has 0 rings (SSSR count). The fraction of sp³-hybridized carbons (Fsp3) is 0.933. The van der Waals surface area contributed by atoms with Crippen LogP contribution in [-0.2, 0) is 19.0 Å². The molecule has 114 valence electrons. The fourth-order valence-electron chi connectivity index (χ4n) is 1.62. The molecule has 0 aliphatic rings. The molecule has 4 nitrogen and oxygen atoms in total. The zero-order valence-electron chi connectivity index (χ0n) is 12.9. The fourth-order valence-corrected chi connectivity index (χ4v) is 1.62. The van der Waals surface area contributed by atoms with Crippen LogP contribution < -0.4 is 0 Å². The normalized spacial score (nSPS) is 14.1. The van der Waals surface area contributed by atoms with Gasteiger partial charge in [-0.05, 0) is 20.3 Å². The van der Waals surface area contributed by atoms with Crippen molar-refractivity contribution in [3.63, 3.8) is 0 Å². The molecule has 0 saturated carbocycles. The van der Waals surface area contributed by atoms with Crippen molar-refractivity contribution in [2.45, 2.75) is 72.0 Å². The third kappa shape index (κ3) is 13.6. The summed E-state index contributed by atoms with van der Waals surface area (Å²) in [6, 6.07) is 0. The van der Waals surface area contributed by atoms with Crippen LogP contribution in [-0.4, -0.2) is 38.0 Å². The van der Waals surface area contributed by atoms with Crippen LogP contribution in [0.15, 0.2) is 0 Å². The molecule has 0 radical (unpaired) electrons. The average Bonchev–Trinajstić information content (AvgIpc) is 2.38. The van der Waals surface area contributed by atoms with Gasteiger partial charge < -0.3 is 14.2 Å². The molecule has 0 fully saturated rings. The van der Waals surface area contributed by atoms with Crippen molar-refractivity contribution in [2.24, 2.45) is 0 Å². The smallest absolute Gasteiger partial charge is 0.302 e. The van der Waals surface area contributed by atoms with E-state index in [9.17, 15) is 4.79 Å². The van der Waals surface area contributed by atoms with Crippen LogP contribution in [0.5, 0.6) is 0 Å². The number of hydrogen-bond donors (Lipinski definition) is 0. The quantitative estimate of drug-likeness (QED) is 0.404. The second-order valence-corrected chi connectivity index (χ2v) is 5.04. The lowest BCUT2D eigenvalue weighted by Crippen LogP contribution is -2.24. The van der Waals surface area contributed by atoms with Crippen LogP contribution in [0.2, 0.25) is 0 Å². The lowest BCUT2D eigenvalue weighted by atomic mass is 10.2. The van der Waals surface area contributed by atoms with E-state index in [1.165, 1.54) is 32.6 Å². The molecule has 0 aromatic heterocycles. The Morgan fingerprint density at radius 2 is 1.58 bits per heavy atom. The summed E-state index contributed by atoms with van der Waals surface area (Å²) in [5.41, 5.74) is 0. The predicted octanol–water partition coefficient (Wildman–Crippen LogP) is 3.33. The van der Waals surface area contributed by atoms with Gasteiger partial charge in [-0.1, -0.05) is 32.6 Å². The maximum absolute atomic E-state index is 10.6. The second-order valence-electron chi connectivity index (χ2n) is 5.04. The lowest BCUT2D eigenvalue weighted by molar-refractivity contribution is -0.145. The van der Waals surface area contributed by atoms with E-state index in [4.69, 9.17) is 14.2 Å². The van der Waals surface area contributed by atoms with Crippen LogP contribution >= 0.6 is 0 Å². The number of unbranched alkanes of at least 4 members (excludes halogenated alkanes) is 4. The van der Waals surface area contributed by atoms with E-state index in [-0.39, 0.29) is 18.2 Å². The lowest BCUT2D eigenvalue weighted by Gasteiger charge is -2.17. The summed E-state index contributed by atoms with van der Waals surface area (Å²) in [5, 5.41) is 0. The van der Waals surface area contributed by atoms with Gasteiger partial charge in [-0.15, -0.1) is 0 Å². The molecule has 0 aliphatic carbocycles. The molecular formula is C15H30O4. The summed E-state index contributed by atoms with van der Waals surface area (Å²) in [7, 11) is 0. The van der Waals surface area contributed by atoms with Gasteiger partial charge in [0.1, 0.15) is 6.61 Å². The summed E-state index contributed by atoms with van der Waals surface area (Å²) in [4.78, 5) is 10.6. The monoisotopic (exact) mass is 274 g/mol. The predicted molar refractivity (Wildman–Crippen MR) is 76.2 cm³/mol. The Balaban J connectivity index is 3.37. The zero-order valence-corrected chi connectivity index (χ0v) is 12.9. The molecule has 0 aliphatic heterocycles. The highest BCUT2D eigenvalue weighted by Crippen LogP contribution is 2.04. The molecular weight excluding hydrogens is 244 g/mol. The standard InChI is InChI=1S/C15H30O4/c1-5-6-7-8-9-10-17-13(2)11-18-14(3)12-19-15(4)16/h13-14H,5-12H2,1-4H3. The van der Waals surface area contributed by atoms with E-state index in [2.05, 4.69) is 6.92 Å². The first-order chi connectivity index (χ1) is 9.06. The minimum Gasteiger partial charge on any atom is -0.463 e. The van der Waals surface area contributed by atoms with Crippen molar-refractivity contribution in [2.75, 3.05) is 19.8 Å². The van der Waals surface area contributed by atoms with E-state index in [0.717, 1.165) is 13.0 Å². The molecule has 4 heteroatoms. The van der Waals surface area contributed by atoms with E-state index < -0.39 is 0 Å². The summed E-state index contributed by atoms with van der Waals surface area (Å²) in [6.45, 7) is 9.15. The maximum atomic E-state index is 10.6. The van der Waals surface area contributed by atoms with Crippen LogP contribution in [0.25, 0.3) is 0 Å². The van der Waals surface area contributed by atoms with Gasteiger partial charge in [0.05, 0.1) is 18.8 Å². The van der Waals surface area contributed by atoms with Gasteiger partial charge in [0.2, 0.25) is 0 Å². The van der Waals surface area contributed by atoms with Crippen molar-refractivity contribution in [1.29, 1.82) is 0 Å². The van der Waals surface area contributed by atoms with Crippen molar-refractivity contribution >= 4 is 5.97 Å². The zero-order chi connectivity index (χ0) is 14.5. The maximum Gasteiger partial charge on any atom is 0.302 e. The Bertz CT molecular complexity index is 218. The Morgan fingerprint density at radius 1 is 0.947 bits per heavy atom. The Kier molecular flexibility index (Phi) is 12.0. The Morgan fingerprint density at radius 3 is 2.21 bits per heavy atom. The molecule has 0 N–H and O–H groups in total. The van der Waals surface area contributed by atoms with Gasteiger partial charge in [-0.3, -0.25) is 4.79 Å². The number of carbonyl (C=O) groups excluding carboxylic acids is 1.